The van der Waals surface area contributed by atoms with Crippen LogP contribution in [0.2, 0.25) is 0 Å². The molecule has 19 heavy (non-hydrogen) atoms. The molecule has 0 bridgehead atoms. The van der Waals surface area contributed by atoms with Crippen molar-refractivity contribution in [2.75, 3.05) is 0 Å². The first-order valence-corrected chi connectivity index (χ1v) is 7.14. The predicted molar refractivity (Wildman–Crippen MR) is 79.6 cm³/mol. The molecule has 0 aliphatic rings. The van der Waals surface area contributed by atoms with Gasteiger partial charge in [0.25, 0.3) is 5.91 Å². The monoisotopic (exact) mass is 386 g/mol. The van der Waals surface area contributed by atoms with E-state index < -0.39 is 5.91 Å². The Morgan fingerprint density at radius 1 is 1.26 bits per heavy atom. The third-order valence-electron chi connectivity index (χ3n) is 2.57. The first-order chi connectivity index (χ1) is 9.09. The average Bonchev–Trinajstić information content (AvgIpc) is 2.68. The highest BCUT2D eigenvalue weighted by atomic mass is 79.9. The SMILES string of the molecule is NC(=O)c1cc(Br)c(Br)n1COCc1ccccc1. The minimum atomic E-state index is -0.491. The topological polar surface area (TPSA) is 57.2 Å². The van der Waals surface area contributed by atoms with Crippen molar-refractivity contribution in [3.05, 3.63) is 56.7 Å². The van der Waals surface area contributed by atoms with Crippen LogP contribution in [-0.4, -0.2) is 10.5 Å². The number of aromatic nitrogens is 1. The second-order valence-corrected chi connectivity index (χ2v) is 5.53. The van der Waals surface area contributed by atoms with Crippen LogP contribution < -0.4 is 5.73 Å². The summed E-state index contributed by atoms with van der Waals surface area (Å²) in [4.78, 5) is 11.3. The smallest absolute Gasteiger partial charge is 0.265 e. The molecule has 6 heteroatoms. The number of benzene rings is 1. The molecular weight excluding hydrogens is 376 g/mol. The number of hydrogen-bond acceptors (Lipinski definition) is 2. The number of ether oxygens (including phenoxy) is 1. The molecule has 0 aliphatic carbocycles. The Hall–Kier alpha value is -1.11. The Balaban J connectivity index is 2.05. The number of rotatable bonds is 5. The van der Waals surface area contributed by atoms with Crippen molar-refractivity contribution in [1.29, 1.82) is 0 Å². The van der Waals surface area contributed by atoms with Crippen LogP contribution >= 0.6 is 31.9 Å². The van der Waals surface area contributed by atoms with Gasteiger partial charge in [-0.05, 0) is 43.5 Å². The number of hydrogen-bond donors (Lipinski definition) is 1. The molecule has 0 saturated carbocycles. The molecule has 2 rings (SSSR count). The normalized spacial score (nSPS) is 10.6. The van der Waals surface area contributed by atoms with Crippen molar-refractivity contribution in [3.63, 3.8) is 0 Å². The lowest BCUT2D eigenvalue weighted by Gasteiger charge is -2.09. The Kier molecular flexibility index (Phi) is 4.79. The second kappa shape index (κ2) is 6.36. The standard InChI is InChI=1S/C13H12Br2N2O2/c14-10-6-11(13(16)18)17(12(10)15)8-19-7-9-4-2-1-3-5-9/h1-6H,7-8H2,(H2,16,18). The molecule has 0 aliphatic heterocycles. The minimum absolute atomic E-state index is 0.249. The van der Waals surface area contributed by atoms with Crippen LogP contribution in [0.5, 0.6) is 0 Å². The summed E-state index contributed by atoms with van der Waals surface area (Å²) in [7, 11) is 0. The van der Waals surface area contributed by atoms with Gasteiger partial charge in [0.15, 0.2) is 0 Å². The Labute approximate surface area is 127 Å². The molecule has 0 radical (unpaired) electrons. The lowest BCUT2D eigenvalue weighted by atomic mass is 10.2. The zero-order chi connectivity index (χ0) is 13.8. The van der Waals surface area contributed by atoms with Crippen molar-refractivity contribution in [3.8, 4) is 0 Å². The molecule has 0 atom stereocenters. The molecule has 0 unspecified atom stereocenters. The highest BCUT2D eigenvalue weighted by molar-refractivity contribution is 9.13. The fourth-order valence-electron chi connectivity index (χ4n) is 1.65. The van der Waals surface area contributed by atoms with Crippen LogP contribution in [0, 0.1) is 0 Å². The van der Waals surface area contributed by atoms with E-state index in [1.54, 1.807) is 10.6 Å². The molecule has 0 spiro atoms. The van der Waals surface area contributed by atoms with E-state index in [0.717, 1.165) is 14.6 Å². The van der Waals surface area contributed by atoms with Gasteiger partial charge in [-0.15, -0.1) is 0 Å². The molecule has 0 fully saturated rings. The molecule has 2 aromatic rings. The largest absolute Gasteiger partial charge is 0.364 e. The summed E-state index contributed by atoms with van der Waals surface area (Å²) in [5.41, 5.74) is 6.79. The van der Waals surface area contributed by atoms with Gasteiger partial charge in [0.05, 0.1) is 11.1 Å². The maximum Gasteiger partial charge on any atom is 0.265 e. The summed E-state index contributed by atoms with van der Waals surface area (Å²) in [6.45, 7) is 0.723. The Bertz CT molecular complexity index is 582. The molecular formula is C13H12Br2N2O2. The van der Waals surface area contributed by atoms with E-state index in [4.69, 9.17) is 10.5 Å². The summed E-state index contributed by atoms with van der Waals surface area (Å²) >= 11 is 6.73. The van der Waals surface area contributed by atoms with Crippen LogP contribution in [0.3, 0.4) is 0 Å². The molecule has 1 heterocycles. The zero-order valence-electron chi connectivity index (χ0n) is 9.98. The van der Waals surface area contributed by atoms with Crippen LogP contribution in [0.1, 0.15) is 16.1 Å². The maximum absolute atomic E-state index is 11.3. The van der Waals surface area contributed by atoms with Gasteiger partial charge in [-0.2, -0.15) is 0 Å². The first-order valence-electron chi connectivity index (χ1n) is 5.55. The van der Waals surface area contributed by atoms with Crippen molar-refractivity contribution >= 4 is 37.8 Å². The maximum atomic E-state index is 11.3. The molecule has 1 aromatic heterocycles. The second-order valence-electron chi connectivity index (χ2n) is 3.92. The number of primary amides is 1. The molecule has 1 aromatic carbocycles. The van der Waals surface area contributed by atoms with Crippen LogP contribution in [0.15, 0.2) is 45.5 Å². The van der Waals surface area contributed by atoms with Gasteiger partial charge in [0, 0.05) is 0 Å². The molecule has 4 nitrogen and oxygen atoms in total. The minimum Gasteiger partial charge on any atom is -0.364 e. The van der Waals surface area contributed by atoms with E-state index in [1.165, 1.54) is 0 Å². The average molecular weight is 388 g/mol. The van der Waals surface area contributed by atoms with Crippen molar-refractivity contribution in [1.82, 2.24) is 4.57 Å². The van der Waals surface area contributed by atoms with Gasteiger partial charge in [0.1, 0.15) is 17.0 Å². The molecule has 100 valence electrons. The third kappa shape index (κ3) is 3.46. The van der Waals surface area contributed by atoms with Crippen molar-refractivity contribution in [2.45, 2.75) is 13.3 Å². The van der Waals surface area contributed by atoms with Crippen LogP contribution in [0.25, 0.3) is 0 Å². The van der Waals surface area contributed by atoms with E-state index in [2.05, 4.69) is 31.9 Å². The fourth-order valence-corrected chi connectivity index (χ4v) is 2.49. The number of carbonyl (C=O) groups is 1. The lowest BCUT2D eigenvalue weighted by Crippen LogP contribution is -2.18. The zero-order valence-corrected chi connectivity index (χ0v) is 13.1. The van der Waals surface area contributed by atoms with E-state index in [0.29, 0.717) is 12.3 Å². The third-order valence-corrected chi connectivity index (χ3v) is 4.56. The van der Waals surface area contributed by atoms with E-state index in [1.807, 2.05) is 30.3 Å². The number of amides is 1. The van der Waals surface area contributed by atoms with E-state index in [-0.39, 0.29) is 6.73 Å². The van der Waals surface area contributed by atoms with Crippen molar-refractivity contribution in [2.24, 2.45) is 5.73 Å². The van der Waals surface area contributed by atoms with Crippen molar-refractivity contribution < 1.29 is 9.53 Å². The Morgan fingerprint density at radius 2 is 1.95 bits per heavy atom. The number of halogens is 2. The predicted octanol–water partition coefficient (Wildman–Crippen LogP) is 3.29. The fraction of sp³-hybridized carbons (Fsp3) is 0.154. The summed E-state index contributed by atoms with van der Waals surface area (Å²) in [5, 5.41) is 0. The summed E-state index contributed by atoms with van der Waals surface area (Å²) in [6, 6.07) is 11.5. The molecule has 2 N–H and O–H groups in total. The van der Waals surface area contributed by atoms with Gasteiger partial charge in [-0.25, -0.2) is 0 Å². The quantitative estimate of drug-likeness (QED) is 0.855. The number of carbonyl (C=O) groups excluding carboxylic acids is 1. The highest BCUT2D eigenvalue weighted by Gasteiger charge is 2.15. The van der Waals surface area contributed by atoms with E-state index >= 15 is 0 Å². The lowest BCUT2D eigenvalue weighted by molar-refractivity contribution is 0.0599. The van der Waals surface area contributed by atoms with Gasteiger partial charge >= 0.3 is 0 Å². The number of nitrogens with two attached hydrogens (primary N) is 1. The van der Waals surface area contributed by atoms with E-state index in [9.17, 15) is 4.79 Å². The molecule has 0 saturated heterocycles. The first kappa shape index (κ1) is 14.3. The van der Waals surface area contributed by atoms with Gasteiger partial charge in [-0.3, -0.25) is 4.79 Å². The molecule has 1 amide bonds. The van der Waals surface area contributed by atoms with Gasteiger partial charge < -0.3 is 15.0 Å². The van der Waals surface area contributed by atoms with Gasteiger partial charge in [-0.1, -0.05) is 30.3 Å². The van der Waals surface area contributed by atoms with Crippen LogP contribution in [-0.2, 0) is 18.1 Å². The number of nitrogens with zero attached hydrogens (tertiary/aromatic N) is 1. The van der Waals surface area contributed by atoms with Crippen LogP contribution in [0.4, 0.5) is 0 Å². The summed E-state index contributed by atoms with van der Waals surface area (Å²) in [6.07, 6.45) is 0. The Morgan fingerprint density at radius 3 is 2.58 bits per heavy atom. The summed E-state index contributed by atoms with van der Waals surface area (Å²) in [5.74, 6) is -0.491. The van der Waals surface area contributed by atoms with Gasteiger partial charge in [0.2, 0.25) is 0 Å². The highest BCUT2D eigenvalue weighted by Crippen LogP contribution is 2.27. The summed E-state index contributed by atoms with van der Waals surface area (Å²) < 4.78 is 8.77.